The van der Waals surface area contributed by atoms with Gasteiger partial charge in [0.15, 0.2) is 0 Å². The van der Waals surface area contributed by atoms with Crippen molar-refractivity contribution >= 4 is 32.7 Å². The topological polar surface area (TPSA) is 46.2 Å². The van der Waals surface area contributed by atoms with Crippen molar-refractivity contribution in [1.29, 1.82) is 0 Å². The van der Waals surface area contributed by atoms with Crippen LogP contribution in [0.5, 0.6) is 0 Å². The lowest BCUT2D eigenvalue weighted by molar-refractivity contribution is -0.928. The number of unbranched alkanes of at least 4 members (excludes halogenated alkanes) is 2. The molecule has 1 fully saturated rings. The Hall–Kier alpha value is -0.590. The molecule has 156 valence electrons. The molecule has 1 aliphatic rings. The Morgan fingerprint density at radius 3 is 2.07 bits per heavy atom. The van der Waals surface area contributed by atoms with Crippen LogP contribution in [-0.2, 0) is 16.4 Å². The smallest absolute Gasteiger partial charge is 0.229 e. The van der Waals surface area contributed by atoms with E-state index in [4.69, 9.17) is 0 Å². The molecule has 1 saturated heterocycles. The number of likely N-dealkylation sites (tertiary alicyclic amines) is 1. The van der Waals surface area contributed by atoms with E-state index in [-0.39, 0.29) is 17.0 Å². The molecule has 2 rings (SSSR count). The van der Waals surface area contributed by atoms with E-state index < -0.39 is 10.0 Å². The molecule has 0 unspecified atom stereocenters. The van der Waals surface area contributed by atoms with Crippen molar-refractivity contribution in [2.75, 3.05) is 37.2 Å². The molecule has 0 aromatic heterocycles. The minimum absolute atomic E-state index is 0. The van der Waals surface area contributed by atoms with Crippen LogP contribution in [0.15, 0.2) is 24.3 Å². The number of halogens is 1. The first-order valence-corrected chi connectivity index (χ1v) is 12.2. The Morgan fingerprint density at radius 2 is 1.52 bits per heavy atom. The number of sulfonamides is 1. The third-order valence-electron chi connectivity index (χ3n) is 5.61. The molecule has 1 N–H and O–H groups in total. The summed E-state index contributed by atoms with van der Waals surface area (Å²) < 4.78 is 26.4. The fraction of sp³-hybridized carbons (Fsp3) is 0.714. The van der Waals surface area contributed by atoms with Crippen molar-refractivity contribution in [1.82, 2.24) is 0 Å². The molecule has 0 aliphatic carbocycles. The van der Waals surface area contributed by atoms with Crippen LogP contribution in [0.2, 0.25) is 0 Å². The fourth-order valence-corrected chi connectivity index (χ4v) is 4.71. The first-order valence-electron chi connectivity index (χ1n) is 10.3. The van der Waals surface area contributed by atoms with Crippen LogP contribution in [0.25, 0.3) is 0 Å². The van der Waals surface area contributed by atoms with E-state index in [9.17, 15) is 8.42 Å². The van der Waals surface area contributed by atoms with E-state index in [0.717, 1.165) is 6.42 Å². The maximum atomic E-state index is 11.3. The number of aryl methyl sites for hydroxylation is 1. The molecule has 0 spiro atoms. The number of nitrogens with one attached hydrogen (secondary N) is 1. The summed E-state index contributed by atoms with van der Waals surface area (Å²) in [5, 5.41) is 0. The van der Waals surface area contributed by atoms with E-state index in [2.05, 4.69) is 11.6 Å². The van der Waals surface area contributed by atoms with Gasteiger partial charge in [0, 0.05) is 5.69 Å². The molecule has 0 amide bonds. The minimum Gasteiger partial charge on any atom is -0.324 e. The molecule has 27 heavy (non-hydrogen) atoms. The van der Waals surface area contributed by atoms with E-state index in [1.165, 1.54) is 93.8 Å². The van der Waals surface area contributed by atoms with Crippen LogP contribution in [0.1, 0.15) is 63.9 Å². The van der Waals surface area contributed by atoms with Gasteiger partial charge in [0.05, 0.1) is 32.4 Å². The van der Waals surface area contributed by atoms with Crippen molar-refractivity contribution in [3.63, 3.8) is 0 Å². The molecule has 1 aromatic carbocycles. The van der Waals surface area contributed by atoms with Gasteiger partial charge in [-0.05, 0) is 69.1 Å². The largest absolute Gasteiger partial charge is 0.324 e. The lowest BCUT2D eigenvalue weighted by atomic mass is 10.1. The van der Waals surface area contributed by atoms with Crippen LogP contribution in [0.3, 0.4) is 0 Å². The van der Waals surface area contributed by atoms with E-state index >= 15 is 0 Å². The molecule has 4 nitrogen and oxygen atoms in total. The number of hydrogen-bond donors (Lipinski definition) is 1. The summed E-state index contributed by atoms with van der Waals surface area (Å²) in [6, 6.07) is 7.81. The molecule has 0 saturated carbocycles. The predicted molar refractivity (Wildman–Crippen MR) is 121 cm³/mol. The van der Waals surface area contributed by atoms with Gasteiger partial charge in [-0.1, -0.05) is 25.5 Å². The number of hydrogen-bond acceptors (Lipinski definition) is 2. The quantitative estimate of drug-likeness (QED) is 0.386. The predicted octanol–water partition coefficient (Wildman–Crippen LogP) is 5.15. The maximum absolute atomic E-state index is 11.3. The molecule has 1 aromatic rings. The summed E-state index contributed by atoms with van der Waals surface area (Å²) >= 11 is 0. The number of quaternary nitrogens is 1. The Bertz CT molecular complexity index is 624. The van der Waals surface area contributed by atoms with Gasteiger partial charge in [0.2, 0.25) is 10.0 Å². The molecule has 0 radical (unpaired) electrons. The Morgan fingerprint density at radius 1 is 0.926 bits per heavy atom. The highest BCUT2D eigenvalue weighted by molar-refractivity contribution is 8.93. The third kappa shape index (κ3) is 9.44. The molecule has 0 atom stereocenters. The van der Waals surface area contributed by atoms with Crippen molar-refractivity contribution in [2.45, 2.75) is 64.7 Å². The van der Waals surface area contributed by atoms with Gasteiger partial charge in [-0.3, -0.25) is 4.72 Å². The normalized spacial score (nSPS) is 17.0. The summed E-state index contributed by atoms with van der Waals surface area (Å²) in [4.78, 5) is 0. The average molecular weight is 463 g/mol. The first kappa shape index (κ1) is 24.4. The molecule has 1 heterocycles. The van der Waals surface area contributed by atoms with Crippen molar-refractivity contribution < 1.29 is 12.9 Å². The van der Waals surface area contributed by atoms with E-state index in [0.29, 0.717) is 5.69 Å². The van der Waals surface area contributed by atoms with Crippen LogP contribution in [0, 0.1) is 0 Å². The SMILES string of the molecule is Br.CCCC[N+]1(CCCCc2ccc(NS(C)(=O)=O)cc2)CCCCCC1. The van der Waals surface area contributed by atoms with E-state index in [1.54, 1.807) is 0 Å². The van der Waals surface area contributed by atoms with Crippen molar-refractivity contribution in [3.8, 4) is 0 Å². The van der Waals surface area contributed by atoms with Crippen LogP contribution in [0.4, 0.5) is 5.69 Å². The molecule has 0 bridgehead atoms. The highest BCUT2D eigenvalue weighted by Crippen LogP contribution is 2.21. The zero-order valence-electron chi connectivity index (χ0n) is 17.1. The summed E-state index contributed by atoms with van der Waals surface area (Å²) in [6.45, 7) is 7.75. The third-order valence-corrected chi connectivity index (χ3v) is 6.21. The van der Waals surface area contributed by atoms with Gasteiger partial charge in [-0.2, -0.15) is 0 Å². The molecular formula is C21H38BrN2O2S+. The van der Waals surface area contributed by atoms with Crippen LogP contribution in [-0.4, -0.2) is 45.3 Å². The maximum Gasteiger partial charge on any atom is 0.229 e. The first-order chi connectivity index (χ1) is 12.4. The highest BCUT2D eigenvalue weighted by atomic mass is 79.9. The second kappa shape index (κ2) is 12.1. The van der Waals surface area contributed by atoms with Gasteiger partial charge in [-0.15, -0.1) is 17.0 Å². The monoisotopic (exact) mass is 461 g/mol. The second-order valence-corrected chi connectivity index (χ2v) is 9.78. The summed E-state index contributed by atoms with van der Waals surface area (Å²) in [5.41, 5.74) is 1.94. The standard InChI is InChI=1S/C21H37N2O2S.BrH/c1-3-4-16-23(17-8-5-6-9-18-23)19-10-7-11-20-12-14-21(15-13-20)22-26(2,24)25;/h12-15,22H,3-11,16-19H2,1-2H3;1H/q+1;. The average Bonchev–Trinajstić information content (AvgIpc) is 2.83. The summed E-state index contributed by atoms with van der Waals surface area (Å²) in [6.07, 6.45) is 13.0. The van der Waals surface area contributed by atoms with Crippen LogP contribution < -0.4 is 4.72 Å². The lowest BCUT2D eigenvalue weighted by Crippen LogP contribution is -2.50. The Balaban J connectivity index is 0.00000364. The number of anilines is 1. The zero-order valence-corrected chi connectivity index (χ0v) is 19.6. The van der Waals surface area contributed by atoms with Gasteiger partial charge >= 0.3 is 0 Å². The Kier molecular flexibility index (Phi) is 10.9. The van der Waals surface area contributed by atoms with Gasteiger partial charge in [-0.25, -0.2) is 8.42 Å². The van der Waals surface area contributed by atoms with Gasteiger partial charge in [0.1, 0.15) is 0 Å². The lowest BCUT2D eigenvalue weighted by Gasteiger charge is -2.38. The van der Waals surface area contributed by atoms with E-state index in [1.807, 2.05) is 24.3 Å². The number of nitrogens with zero attached hydrogens (tertiary/aromatic N) is 1. The van der Waals surface area contributed by atoms with Gasteiger partial charge in [0.25, 0.3) is 0 Å². The number of rotatable bonds is 10. The Labute approximate surface area is 177 Å². The minimum atomic E-state index is -3.19. The van der Waals surface area contributed by atoms with Crippen LogP contribution >= 0.6 is 17.0 Å². The zero-order chi connectivity index (χ0) is 18.9. The van der Waals surface area contributed by atoms with Crippen molar-refractivity contribution in [2.24, 2.45) is 0 Å². The van der Waals surface area contributed by atoms with Gasteiger partial charge < -0.3 is 4.48 Å². The molecule has 6 heteroatoms. The summed E-state index contributed by atoms with van der Waals surface area (Å²) in [7, 11) is -3.19. The number of benzene rings is 1. The molecular weight excluding hydrogens is 424 g/mol. The fourth-order valence-electron chi connectivity index (χ4n) is 4.14. The molecule has 1 aliphatic heterocycles. The van der Waals surface area contributed by atoms with Crippen molar-refractivity contribution in [3.05, 3.63) is 29.8 Å². The second-order valence-electron chi connectivity index (χ2n) is 8.03. The highest BCUT2D eigenvalue weighted by Gasteiger charge is 2.27. The summed E-state index contributed by atoms with van der Waals surface area (Å²) in [5.74, 6) is 0.